The van der Waals surface area contributed by atoms with Crippen molar-refractivity contribution in [2.45, 2.75) is 6.92 Å². The molecule has 4 aromatic rings. The Balaban J connectivity index is 1.32. The first-order valence-electron chi connectivity index (χ1n) is 9.20. The van der Waals surface area contributed by atoms with E-state index in [4.69, 9.17) is 21.7 Å². The predicted molar refractivity (Wildman–Crippen MR) is 115 cm³/mol. The molecule has 0 aliphatic carbocycles. The van der Waals surface area contributed by atoms with E-state index in [2.05, 4.69) is 33.8 Å². The predicted octanol–water partition coefficient (Wildman–Crippen LogP) is 4.14. The molecule has 0 bridgehead atoms. The van der Waals surface area contributed by atoms with Crippen LogP contribution in [0.25, 0.3) is 16.2 Å². The van der Waals surface area contributed by atoms with Gasteiger partial charge in [-0.15, -0.1) is 5.10 Å². The Morgan fingerprint density at radius 1 is 1.07 bits per heavy atom. The van der Waals surface area contributed by atoms with Crippen LogP contribution in [0.1, 0.15) is 5.56 Å². The Labute approximate surface area is 172 Å². The summed E-state index contributed by atoms with van der Waals surface area (Å²) in [5, 5.41) is 6.55. The molecule has 142 valence electrons. The summed E-state index contributed by atoms with van der Waals surface area (Å²) < 4.78 is 1.87. The number of aryl methyl sites for hydroxylation is 1. The molecule has 1 aliphatic rings. The molecule has 0 N–H and O–H groups in total. The van der Waals surface area contributed by atoms with Crippen molar-refractivity contribution in [2.24, 2.45) is 0 Å². The van der Waals surface area contributed by atoms with Crippen LogP contribution in [0.3, 0.4) is 0 Å². The Hall–Kier alpha value is -2.64. The summed E-state index contributed by atoms with van der Waals surface area (Å²) in [6, 6.07) is 10.0. The van der Waals surface area contributed by atoms with E-state index < -0.39 is 0 Å². The minimum absolute atomic E-state index is 0.786. The summed E-state index contributed by atoms with van der Waals surface area (Å²) in [7, 11) is 0. The zero-order chi connectivity index (χ0) is 19.1. The second-order valence-electron chi connectivity index (χ2n) is 6.88. The molecule has 1 saturated heterocycles. The number of aromatic nitrogens is 4. The smallest absolute Gasteiger partial charge is 0.214 e. The monoisotopic (exact) mass is 410 g/mol. The Bertz CT molecular complexity index is 1080. The van der Waals surface area contributed by atoms with Gasteiger partial charge in [0, 0.05) is 54.8 Å². The number of benzene rings is 1. The number of hydrogen-bond donors (Lipinski definition) is 0. The van der Waals surface area contributed by atoms with Gasteiger partial charge in [0.15, 0.2) is 0 Å². The molecule has 0 saturated carbocycles. The van der Waals surface area contributed by atoms with Crippen LogP contribution in [0, 0.1) is 6.92 Å². The molecule has 1 aliphatic heterocycles. The number of halogens is 1. The van der Waals surface area contributed by atoms with Gasteiger partial charge >= 0.3 is 0 Å². The first-order valence-corrected chi connectivity index (χ1v) is 10.4. The van der Waals surface area contributed by atoms with Crippen molar-refractivity contribution in [1.29, 1.82) is 0 Å². The maximum absolute atomic E-state index is 6.19. The molecular weight excluding hydrogens is 392 g/mol. The molecule has 0 atom stereocenters. The third-order valence-electron chi connectivity index (χ3n) is 5.05. The molecule has 5 rings (SSSR count). The van der Waals surface area contributed by atoms with Gasteiger partial charge in [-0.25, -0.2) is 9.50 Å². The second kappa shape index (κ2) is 7.07. The zero-order valence-corrected chi connectivity index (χ0v) is 17.0. The molecule has 6 nitrogen and oxygen atoms in total. The van der Waals surface area contributed by atoms with Crippen LogP contribution in [0.4, 0.5) is 10.8 Å². The number of fused-ring (bicyclic) bond motifs is 1. The van der Waals surface area contributed by atoms with Crippen molar-refractivity contribution in [1.82, 2.24) is 19.6 Å². The van der Waals surface area contributed by atoms with E-state index in [1.807, 2.05) is 35.1 Å². The number of anilines is 2. The van der Waals surface area contributed by atoms with Gasteiger partial charge in [0.25, 0.3) is 0 Å². The van der Waals surface area contributed by atoms with Crippen LogP contribution in [0.2, 0.25) is 5.02 Å². The highest BCUT2D eigenvalue weighted by Crippen LogP contribution is 2.29. The molecule has 3 aromatic heterocycles. The van der Waals surface area contributed by atoms with Gasteiger partial charge in [-0.1, -0.05) is 29.0 Å². The fraction of sp³-hybridized carbons (Fsp3) is 0.250. The average Bonchev–Trinajstić information content (AvgIpc) is 3.30. The lowest BCUT2D eigenvalue weighted by Gasteiger charge is -2.36. The summed E-state index contributed by atoms with van der Waals surface area (Å²) in [5.41, 5.74) is 4.39. The maximum atomic E-state index is 6.19. The average molecular weight is 411 g/mol. The third kappa shape index (κ3) is 3.21. The van der Waals surface area contributed by atoms with Crippen molar-refractivity contribution in [3.8, 4) is 11.3 Å². The summed E-state index contributed by atoms with van der Waals surface area (Å²) in [5.74, 6) is 0. The molecule has 28 heavy (non-hydrogen) atoms. The Morgan fingerprint density at radius 3 is 2.64 bits per heavy atom. The number of imidazole rings is 1. The minimum Gasteiger partial charge on any atom is -0.368 e. The van der Waals surface area contributed by atoms with Gasteiger partial charge in [0.2, 0.25) is 10.1 Å². The van der Waals surface area contributed by atoms with Crippen LogP contribution < -0.4 is 9.80 Å². The number of hydrogen-bond acceptors (Lipinski definition) is 6. The van der Waals surface area contributed by atoms with Crippen molar-refractivity contribution in [3.63, 3.8) is 0 Å². The fourth-order valence-electron chi connectivity index (χ4n) is 3.53. The Morgan fingerprint density at radius 2 is 1.89 bits per heavy atom. The highest BCUT2D eigenvalue weighted by atomic mass is 35.5. The lowest BCUT2D eigenvalue weighted by molar-refractivity contribution is 0.647. The lowest BCUT2D eigenvalue weighted by Crippen LogP contribution is -2.46. The van der Waals surface area contributed by atoms with E-state index in [1.165, 1.54) is 11.3 Å². The van der Waals surface area contributed by atoms with Crippen LogP contribution in [-0.2, 0) is 0 Å². The fourth-order valence-corrected chi connectivity index (χ4v) is 4.63. The quantitative estimate of drug-likeness (QED) is 0.508. The van der Waals surface area contributed by atoms with E-state index in [0.717, 1.165) is 52.6 Å². The molecule has 8 heteroatoms. The van der Waals surface area contributed by atoms with E-state index in [1.54, 1.807) is 17.5 Å². The highest BCUT2D eigenvalue weighted by molar-refractivity contribution is 7.20. The SMILES string of the molecule is Cc1ccc(Cl)cc1N1CCN(c2nn3cc(-c4cccnc4)nc3s2)CC1. The molecule has 1 fully saturated rings. The van der Waals surface area contributed by atoms with Crippen molar-refractivity contribution >= 4 is 38.7 Å². The lowest BCUT2D eigenvalue weighted by atomic mass is 10.1. The van der Waals surface area contributed by atoms with Crippen LogP contribution in [0.15, 0.2) is 48.9 Å². The number of rotatable bonds is 3. The number of nitrogens with zero attached hydrogens (tertiary/aromatic N) is 6. The zero-order valence-electron chi connectivity index (χ0n) is 15.4. The van der Waals surface area contributed by atoms with E-state index >= 15 is 0 Å². The highest BCUT2D eigenvalue weighted by Gasteiger charge is 2.22. The summed E-state index contributed by atoms with van der Waals surface area (Å²) in [4.78, 5) is 14.5. The van der Waals surface area contributed by atoms with Gasteiger partial charge < -0.3 is 9.80 Å². The van der Waals surface area contributed by atoms with Gasteiger partial charge in [0.05, 0.1) is 11.9 Å². The van der Waals surface area contributed by atoms with Crippen molar-refractivity contribution in [3.05, 3.63) is 59.5 Å². The van der Waals surface area contributed by atoms with Crippen molar-refractivity contribution < 1.29 is 0 Å². The van der Waals surface area contributed by atoms with Gasteiger partial charge in [0.1, 0.15) is 0 Å². The van der Waals surface area contributed by atoms with E-state index in [9.17, 15) is 0 Å². The minimum atomic E-state index is 0.786. The Kier molecular flexibility index (Phi) is 4.41. The van der Waals surface area contributed by atoms with Crippen molar-refractivity contribution in [2.75, 3.05) is 36.0 Å². The standard InChI is InChI=1S/C20H19ClN6S/c1-14-4-5-16(21)11-18(14)25-7-9-26(10-8-25)20-24-27-13-17(23-19(27)28-20)15-3-2-6-22-12-15/h2-6,11-13H,7-10H2,1H3. The normalized spacial score (nSPS) is 14.8. The first kappa shape index (κ1) is 17.5. The molecule has 0 radical (unpaired) electrons. The van der Waals surface area contributed by atoms with Crippen LogP contribution >= 0.6 is 22.9 Å². The van der Waals surface area contributed by atoms with Crippen LogP contribution in [-0.4, -0.2) is 45.8 Å². The van der Waals surface area contributed by atoms with E-state index in [0.29, 0.717) is 0 Å². The van der Waals surface area contributed by atoms with Gasteiger partial charge in [-0.05, 0) is 36.8 Å². The van der Waals surface area contributed by atoms with E-state index in [-0.39, 0.29) is 0 Å². The number of pyridine rings is 1. The second-order valence-corrected chi connectivity index (χ2v) is 8.26. The summed E-state index contributed by atoms with van der Waals surface area (Å²) in [6.45, 7) is 5.89. The van der Waals surface area contributed by atoms with Gasteiger partial charge in [-0.2, -0.15) is 0 Å². The number of piperazine rings is 1. The molecule has 0 unspecified atom stereocenters. The molecular formula is C20H19ClN6S. The molecule has 0 amide bonds. The third-order valence-corrected chi connectivity index (χ3v) is 6.27. The largest absolute Gasteiger partial charge is 0.368 e. The molecule has 1 aromatic carbocycles. The molecule has 4 heterocycles. The maximum Gasteiger partial charge on any atom is 0.214 e. The van der Waals surface area contributed by atoms with Crippen LogP contribution in [0.5, 0.6) is 0 Å². The molecule has 0 spiro atoms. The summed E-state index contributed by atoms with van der Waals surface area (Å²) >= 11 is 7.82. The first-order chi connectivity index (χ1) is 13.7. The van der Waals surface area contributed by atoms with Gasteiger partial charge in [-0.3, -0.25) is 4.98 Å². The summed E-state index contributed by atoms with van der Waals surface area (Å²) in [6.07, 6.45) is 5.56. The topological polar surface area (TPSA) is 49.6 Å².